The SMILES string of the molecule is CSc1c(Cl)ccc(I)c1F. The Balaban J connectivity index is 3.29. The Kier molecular flexibility index (Phi) is 3.46. The third-order valence-electron chi connectivity index (χ3n) is 1.21. The Morgan fingerprint density at radius 1 is 1.55 bits per heavy atom. The summed E-state index contributed by atoms with van der Waals surface area (Å²) >= 11 is 9.00. The van der Waals surface area contributed by atoms with Crippen molar-refractivity contribution in [1.82, 2.24) is 0 Å². The molecule has 4 heteroatoms. The molecule has 0 spiro atoms. The van der Waals surface area contributed by atoms with Gasteiger partial charge in [-0.1, -0.05) is 11.6 Å². The van der Waals surface area contributed by atoms with Gasteiger partial charge < -0.3 is 0 Å². The highest BCUT2D eigenvalue weighted by Crippen LogP contribution is 2.30. The highest BCUT2D eigenvalue weighted by molar-refractivity contribution is 14.1. The summed E-state index contributed by atoms with van der Waals surface area (Å²) in [4.78, 5) is 0.526. The normalized spacial score (nSPS) is 10.2. The molecule has 0 aliphatic carbocycles. The van der Waals surface area contributed by atoms with Gasteiger partial charge in [-0.05, 0) is 41.0 Å². The van der Waals surface area contributed by atoms with Crippen molar-refractivity contribution in [2.75, 3.05) is 6.26 Å². The van der Waals surface area contributed by atoms with Gasteiger partial charge in [0.2, 0.25) is 0 Å². The molecule has 0 nitrogen and oxygen atoms in total. The Hall–Kier alpha value is 0.520. The van der Waals surface area contributed by atoms with E-state index in [1.54, 1.807) is 18.4 Å². The molecule has 0 fully saturated rings. The maximum absolute atomic E-state index is 13.2. The van der Waals surface area contributed by atoms with Gasteiger partial charge in [0.25, 0.3) is 0 Å². The number of halogens is 3. The average Bonchev–Trinajstić information content (AvgIpc) is 1.99. The van der Waals surface area contributed by atoms with Crippen LogP contribution in [-0.2, 0) is 0 Å². The largest absolute Gasteiger partial charge is 0.205 e. The van der Waals surface area contributed by atoms with E-state index in [1.807, 2.05) is 22.6 Å². The monoisotopic (exact) mass is 302 g/mol. The van der Waals surface area contributed by atoms with Crippen molar-refractivity contribution < 1.29 is 4.39 Å². The predicted octanol–water partition coefficient (Wildman–Crippen LogP) is 3.81. The van der Waals surface area contributed by atoms with Crippen LogP contribution in [0.4, 0.5) is 4.39 Å². The van der Waals surface area contributed by atoms with Crippen molar-refractivity contribution in [3.8, 4) is 0 Å². The van der Waals surface area contributed by atoms with Crippen molar-refractivity contribution in [2.45, 2.75) is 4.90 Å². The molecule has 11 heavy (non-hydrogen) atoms. The van der Waals surface area contributed by atoms with Gasteiger partial charge in [-0.25, -0.2) is 4.39 Å². The molecule has 0 aliphatic rings. The molecule has 1 aromatic carbocycles. The lowest BCUT2D eigenvalue weighted by molar-refractivity contribution is 0.594. The van der Waals surface area contributed by atoms with Crippen LogP contribution in [0, 0.1) is 9.39 Å². The van der Waals surface area contributed by atoms with E-state index in [0.717, 1.165) is 0 Å². The molecule has 0 saturated heterocycles. The van der Waals surface area contributed by atoms with Crippen molar-refractivity contribution in [1.29, 1.82) is 0 Å². The average molecular weight is 303 g/mol. The molecule has 0 amide bonds. The van der Waals surface area contributed by atoms with Crippen LogP contribution >= 0.6 is 46.0 Å². The quantitative estimate of drug-likeness (QED) is 0.432. The minimum atomic E-state index is -0.217. The molecule has 1 rings (SSSR count). The zero-order chi connectivity index (χ0) is 8.43. The first-order chi connectivity index (χ1) is 5.16. The van der Waals surface area contributed by atoms with E-state index >= 15 is 0 Å². The fourth-order valence-electron chi connectivity index (χ4n) is 0.696. The van der Waals surface area contributed by atoms with Gasteiger partial charge in [-0.3, -0.25) is 0 Å². The highest BCUT2D eigenvalue weighted by Gasteiger charge is 2.08. The summed E-state index contributed by atoms with van der Waals surface area (Å²) in [6.45, 7) is 0. The third kappa shape index (κ3) is 2.00. The zero-order valence-electron chi connectivity index (χ0n) is 5.70. The van der Waals surface area contributed by atoms with Gasteiger partial charge in [0.1, 0.15) is 0 Å². The molecule has 0 aliphatic heterocycles. The second kappa shape index (κ2) is 3.96. The van der Waals surface area contributed by atoms with Crippen molar-refractivity contribution in [3.05, 3.63) is 26.5 Å². The van der Waals surface area contributed by atoms with E-state index in [-0.39, 0.29) is 5.82 Å². The highest BCUT2D eigenvalue weighted by atomic mass is 127. The summed E-state index contributed by atoms with van der Waals surface area (Å²) in [7, 11) is 0. The minimum absolute atomic E-state index is 0.217. The van der Waals surface area contributed by atoms with Crippen LogP contribution in [0.25, 0.3) is 0 Å². The minimum Gasteiger partial charge on any atom is -0.205 e. The molecule has 0 N–H and O–H groups in total. The molecule has 0 bridgehead atoms. The number of hydrogen-bond acceptors (Lipinski definition) is 1. The molecule has 0 unspecified atom stereocenters. The van der Waals surface area contributed by atoms with Crippen LogP contribution in [0.5, 0.6) is 0 Å². The Labute approximate surface area is 87.7 Å². The van der Waals surface area contributed by atoms with Crippen LogP contribution in [0.2, 0.25) is 5.02 Å². The standard InChI is InChI=1S/C7H5ClFIS/c1-11-7-4(8)2-3-5(10)6(7)9/h2-3H,1H3. The van der Waals surface area contributed by atoms with Crippen LogP contribution in [-0.4, -0.2) is 6.26 Å². The second-order valence-electron chi connectivity index (χ2n) is 1.88. The first-order valence-electron chi connectivity index (χ1n) is 2.84. The number of rotatable bonds is 1. The zero-order valence-corrected chi connectivity index (χ0v) is 9.43. The van der Waals surface area contributed by atoms with Crippen molar-refractivity contribution in [3.63, 3.8) is 0 Å². The fourth-order valence-corrected chi connectivity index (χ4v) is 2.26. The predicted molar refractivity (Wildman–Crippen MR) is 55.9 cm³/mol. The Bertz CT molecular complexity index is 277. The van der Waals surface area contributed by atoms with Gasteiger partial charge in [-0.2, -0.15) is 0 Å². The second-order valence-corrected chi connectivity index (χ2v) is 4.26. The molecule has 0 heterocycles. The van der Waals surface area contributed by atoms with Gasteiger partial charge in [0.15, 0.2) is 5.82 Å². The maximum Gasteiger partial charge on any atom is 0.151 e. The summed E-state index contributed by atoms with van der Waals surface area (Å²) in [5.74, 6) is -0.217. The number of hydrogen-bond donors (Lipinski definition) is 0. The van der Waals surface area contributed by atoms with Crippen molar-refractivity contribution in [2.24, 2.45) is 0 Å². The summed E-state index contributed by atoms with van der Waals surface area (Å²) in [6, 6.07) is 3.37. The Morgan fingerprint density at radius 2 is 2.18 bits per heavy atom. The molecule has 0 atom stereocenters. The van der Waals surface area contributed by atoms with Crippen LogP contribution in [0.15, 0.2) is 17.0 Å². The van der Waals surface area contributed by atoms with E-state index in [1.165, 1.54) is 11.8 Å². The smallest absolute Gasteiger partial charge is 0.151 e. The first-order valence-corrected chi connectivity index (χ1v) is 5.52. The lowest BCUT2D eigenvalue weighted by atomic mass is 10.3. The van der Waals surface area contributed by atoms with E-state index in [2.05, 4.69) is 0 Å². The topological polar surface area (TPSA) is 0 Å². The van der Waals surface area contributed by atoms with Crippen LogP contribution < -0.4 is 0 Å². The molecule has 1 aromatic rings. The van der Waals surface area contributed by atoms with Gasteiger partial charge in [0.05, 0.1) is 13.5 Å². The first kappa shape index (κ1) is 9.61. The molecule has 0 aromatic heterocycles. The van der Waals surface area contributed by atoms with Crippen LogP contribution in [0.1, 0.15) is 0 Å². The number of thioether (sulfide) groups is 1. The summed E-state index contributed by atoms with van der Waals surface area (Å²) in [5.41, 5.74) is 0. The van der Waals surface area contributed by atoms with Gasteiger partial charge in [-0.15, -0.1) is 11.8 Å². The van der Waals surface area contributed by atoms with Gasteiger partial charge >= 0.3 is 0 Å². The molecule has 60 valence electrons. The summed E-state index contributed by atoms with van der Waals surface area (Å²) in [5, 5.41) is 0.482. The third-order valence-corrected chi connectivity index (χ3v) is 3.27. The molecule has 0 radical (unpaired) electrons. The summed E-state index contributed by atoms with van der Waals surface area (Å²) in [6.07, 6.45) is 1.81. The molecular formula is C7H5ClFIS. The van der Waals surface area contributed by atoms with Crippen LogP contribution in [0.3, 0.4) is 0 Å². The lowest BCUT2D eigenvalue weighted by Gasteiger charge is -2.02. The van der Waals surface area contributed by atoms with E-state index in [0.29, 0.717) is 13.5 Å². The molecular weight excluding hydrogens is 297 g/mol. The number of benzene rings is 1. The van der Waals surface area contributed by atoms with E-state index < -0.39 is 0 Å². The fraction of sp³-hybridized carbons (Fsp3) is 0.143. The summed E-state index contributed by atoms with van der Waals surface area (Å²) < 4.78 is 13.8. The lowest BCUT2D eigenvalue weighted by Crippen LogP contribution is -1.85. The van der Waals surface area contributed by atoms with E-state index in [9.17, 15) is 4.39 Å². The Morgan fingerprint density at radius 3 is 2.64 bits per heavy atom. The molecule has 0 saturated carbocycles. The maximum atomic E-state index is 13.2. The van der Waals surface area contributed by atoms with Crippen molar-refractivity contribution >= 4 is 46.0 Å². The van der Waals surface area contributed by atoms with Gasteiger partial charge in [0, 0.05) is 0 Å². The van der Waals surface area contributed by atoms with E-state index in [4.69, 9.17) is 11.6 Å².